The lowest BCUT2D eigenvalue weighted by Gasteiger charge is -2.11. The van der Waals surface area contributed by atoms with Gasteiger partial charge in [-0.1, -0.05) is 17.7 Å². The first kappa shape index (κ1) is 20.2. The first-order valence-electron chi connectivity index (χ1n) is 7.29. The highest BCUT2D eigenvalue weighted by molar-refractivity contribution is 7.91. The molecule has 0 spiro atoms. The van der Waals surface area contributed by atoms with Crippen LogP contribution >= 0.6 is 22.9 Å². The SMILES string of the molecule is COc1ccc(Cl)cc1C(=O)NNC(=O)CCNS(=O)(=O)c1cccs1. The predicted molar refractivity (Wildman–Crippen MR) is 97.7 cm³/mol. The molecule has 1 aromatic carbocycles. The number of ether oxygens (including phenoxy) is 1. The van der Waals surface area contributed by atoms with Crippen molar-refractivity contribution < 1.29 is 22.7 Å². The van der Waals surface area contributed by atoms with Crippen LogP contribution in [0, 0.1) is 0 Å². The minimum Gasteiger partial charge on any atom is -0.496 e. The van der Waals surface area contributed by atoms with E-state index in [1.807, 2.05) is 0 Å². The van der Waals surface area contributed by atoms with Gasteiger partial charge in [0.2, 0.25) is 15.9 Å². The van der Waals surface area contributed by atoms with Crippen LogP contribution in [0.5, 0.6) is 5.75 Å². The number of amides is 2. The van der Waals surface area contributed by atoms with E-state index in [0.29, 0.717) is 10.8 Å². The molecule has 2 rings (SSSR count). The smallest absolute Gasteiger partial charge is 0.273 e. The van der Waals surface area contributed by atoms with Crippen molar-refractivity contribution in [1.29, 1.82) is 0 Å². The van der Waals surface area contributed by atoms with E-state index in [4.69, 9.17) is 16.3 Å². The van der Waals surface area contributed by atoms with Crippen LogP contribution < -0.4 is 20.3 Å². The summed E-state index contributed by atoms with van der Waals surface area (Å²) < 4.78 is 31.3. The van der Waals surface area contributed by atoms with E-state index >= 15 is 0 Å². The number of benzene rings is 1. The third-order valence-electron chi connectivity index (χ3n) is 3.13. The van der Waals surface area contributed by atoms with Crippen molar-refractivity contribution in [2.45, 2.75) is 10.6 Å². The molecule has 140 valence electrons. The van der Waals surface area contributed by atoms with Crippen molar-refractivity contribution in [2.75, 3.05) is 13.7 Å². The van der Waals surface area contributed by atoms with E-state index < -0.39 is 21.8 Å². The molecular weight excluding hydrogens is 402 g/mol. The summed E-state index contributed by atoms with van der Waals surface area (Å²) in [5.41, 5.74) is 4.58. The van der Waals surface area contributed by atoms with Crippen LogP contribution in [-0.2, 0) is 14.8 Å². The Labute approximate surface area is 159 Å². The van der Waals surface area contributed by atoms with Gasteiger partial charge in [0.1, 0.15) is 9.96 Å². The monoisotopic (exact) mass is 417 g/mol. The number of methoxy groups -OCH3 is 1. The quantitative estimate of drug-likeness (QED) is 0.591. The molecule has 0 fully saturated rings. The molecule has 0 saturated carbocycles. The van der Waals surface area contributed by atoms with Gasteiger partial charge in [-0.05, 0) is 29.6 Å². The summed E-state index contributed by atoms with van der Waals surface area (Å²) in [5.74, 6) is -0.880. The normalized spacial score (nSPS) is 11.0. The second-order valence-corrected chi connectivity index (χ2v) is 8.30. The molecule has 0 saturated heterocycles. The highest BCUT2D eigenvalue weighted by Crippen LogP contribution is 2.22. The maximum Gasteiger partial charge on any atom is 0.273 e. The zero-order valence-electron chi connectivity index (χ0n) is 13.6. The summed E-state index contributed by atoms with van der Waals surface area (Å²) in [5, 5.41) is 1.98. The first-order chi connectivity index (χ1) is 12.3. The Bertz CT molecular complexity index is 885. The molecule has 11 heteroatoms. The molecule has 2 aromatic rings. The van der Waals surface area contributed by atoms with Gasteiger partial charge in [-0.15, -0.1) is 11.3 Å². The fourth-order valence-corrected chi connectivity index (χ4v) is 4.14. The number of sulfonamides is 1. The summed E-state index contributed by atoms with van der Waals surface area (Å²) in [4.78, 5) is 23.9. The van der Waals surface area contributed by atoms with Crippen molar-refractivity contribution >= 4 is 44.8 Å². The zero-order valence-corrected chi connectivity index (χ0v) is 16.0. The second kappa shape index (κ2) is 8.99. The lowest BCUT2D eigenvalue weighted by Crippen LogP contribution is -2.42. The van der Waals surface area contributed by atoms with Gasteiger partial charge in [0, 0.05) is 18.0 Å². The first-order valence-corrected chi connectivity index (χ1v) is 10.0. The molecule has 0 unspecified atom stereocenters. The van der Waals surface area contributed by atoms with Crippen LogP contribution in [0.4, 0.5) is 0 Å². The van der Waals surface area contributed by atoms with Crippen molar-refractivity contribution in [1.82, 2.24) is 15.6 Å². The standard InChI is InChI=1S/C15H16ClN3O5S2/c1-24-12-5-4-10(16)9-11(12)15(21)19-18-13(20)6-7-17-26(22,23)14-3-2-8-25-14/h2-5,8-9,17H,6-7H2,1H3,(H,18,20)(H,19,21). The molecule has 26 heavy (non-hydrogen) atoms. The molecule has 1 heterocycles. The number of hydrogen-bond donors (Lipinski definition) is 3. The van der Waals surface area contributed by atoms with Gasteiger partial charge in [-0.25, -0.2) is 13.1 Å². The Balaban J connectivity index is 1.82. The molecule has 0 atom stereocenters. The molecule has 0 radical (unpaired) electrons. The molecule has 0 bridgehead atoms. The third kappa shape index (κ3) is 5.43. The molecule has 0 aliphatic rings. The number of nitrogens with one attached hydrogen (secondary N) is 3. The number of thiophene rings is 1. The van der Waals surface area contributed by atoms with E-state index in [-0.39, 0.29) is 22.7 Å². The Morgan fingerprint density at radius 2 is 2.00 bits per heavy atom. The molecule has 2 amide bonds. The Hall–Kier alpha value is -2.14. The lowest BCUT2D eigenvalue weighted by atomic mass is 10.2. The van der Waals surface area contributed by atoms with Crippen LogP contribution in [-0.4, -0.2) is 33.9 Å². The lowest BCUT2D eigenvalue weighted by molar-refractivity contribution is -0.121. The van der Waals surface area contributed by atoms with E-state index in [9.17, 15) is 18.0 Å². The summed E-state index contributed by atoms with van der Waals surface area (Å²) >= 11 is 6.92. The summed E-state index contributed by atoms with van der Waals surface area (Å²) in [6.45, 7) is -0.109. The highest BCUT2D eigenvalue weighted by Gasteiger charge is 2.16. The summed E-state index contributed by atoms with van der Waals surface area (Å²) in [6.07, 6.45) is -0.155. The summed E-state index contributed by atoms with van der Waals surface area (Å²) in [7, 11) is -2.23. The Morgan fingerprint density at radius 3 is 2.65 bits per heavy atom. The molecule has 0 aliphatic heterocycles. The number of carbonyl (C=O) groups is 2. The average Bonchev–Trinajstić information content (AvgIpc) is 3.15. The van der Waals surface area contributed by atoms with Crippen LogP contribution in [0.15, 0.2) is 39.9 Å². The Kier molecular flexibility index (Phi) is 6.98. The average molecular weight is 418 g/mol. The van der Waals surface area contributed by atoms with Crippen LogP contribution in [0.2, 0.25) is 5.02 Å². The molecule has 0 aliphatic carbocycles. The van der Waals surface area contributed by atoms with Crippen LogP contribution in [0.1, 0.15) is 16.8 Å². The molecule has 3 N–H and O–H groups in total. The second-order valence-electron chi connectivity index (χ2n) is 4.93. The van der Waals surface area contributed by atoms with Crippen LogP contribution in [0.25, 0.3) is 0 Å². The van der Waals surface area contributed by atoms with Crippen LogP contribution in [0.3, 0.4) is 0 Å². The van der Waals surface area contributed by atoms with Crippen molar-refractivity contribution in [3.63, 3.8) is 0 Å². The van der Waals surface area contributed by atoms with Gasteiger partial charge in [-0.2, -0.15) is 0 Å². The minimum atomic E-state index is -3.63. The molecule has 1 aromatic heterocycles. The number of halogens is 1. The van der Waals surface area contributed by atoms with Gasteiger partial charge in [0.25, 0.3) is 5.91 Å². The largest absolute Gasteiger partial charge is 0.496 e. The van der Waals surface area contributed by atoms with Crippen molar-refractivity contribution in [3.8, 4) is 5.75 Å². The predicted octanol–water partition coefficient (Wildman–Crippen LogP) is 1.54. The topological polar surface area (TPSA) is 114 Å². The highest BCUT2D eigenvalue weighted by atomic mass is 35.5. The number of hydrazine groups is 1. The maximum atomic E-state index is 12.1. The molecule has 8 nitrogen and oxygen atoms in total. The number of carbonyl (C=O) groups excluding carboxylic acids is 2. The summed E-state index contributed by atoms with van der Waals surface area (Å²) in [6, 6.07) is 7.57. The van der Waals surface area contributed by atoms with Gasteiger partial charge in [-0.3, -0.25) is 20.4 Å². The van der Waals surface area contributed by atoms with Gasteiger partial charge in [0.15, 0.2) is 0 Å². The fraction of sp³-hybridized carbons (Fsp3) is 0.200. The zero-order chi connectivity index (χ0) is 19.2. The van der Waals surface area contributed by atoms with Crippen molar-refractivity contribution in [3.05, 3.63) is 46.3 Å². The minimum absolute atomic E-state index is 0.109. The van der Waals surface area contributed by atoms with Gasteiger partial charge >= 0.3 is 0 Å². The van der Waals surface area contributed by atoms with E-state index in [2.05, 4.69) is 15.6 Å². The third-order valence-corrected chi connectivity index (χ3v) is 6.22. The van der Waals surface area contributed by atoms with E-state index in [1.54, 1.807) is 17.5 Å². The van der Waals surface area contributed by atoms with Gasteiger partial charge in [0.05, 0.1) is 12.7 Å². The Morgan fingerprint density at radius 1 is 1.23 bits per heavy atom. The van der Waals surface area contributed by atoms with E-state index in [1.165, 1.54) is 25.3 Å². The van der Waals surface area contributed by atoms with Crippen molar-refractivity contribution in [2.24, 2.45) is 0 Å². The number of hydrogen-bond acceptors (Lipinski definition) is 6. The molecular formula is C15H16ClN3O5S2. The van der Waals surface area contributed by atoms with Gasteiger partial charge < -0.3 is 4.74 Å². The van der Waals surface area contributed by atoms with E-state index in [0.717, 1.165) is 11.3 Å². The maximum absolute atomic E-state index is 12.1. The fourth-order valence-electron chi connectivity index (χ4n) is 1.90. The number of rotatable bonds is 7.